The number of phenolic OH excluding ortho intramolecular Hbond substituents is 1. The predicted molar refractivity (Wildman–Crippen MR) is 102 cm³/mol. The number of halogens is 2. The van der Waals surface area contributed by atoms with Gasteiger partial charge in [-0.3, -0.25) is 14.4 Å². The highest BCUT2D eigenvalue weighted by Crippen LogP contribution is 2.29. The lowest BCUT2D eigenvalue weighted by atomic mass is 10.1. The van der Waals surface area contributed by atoms with Crippen LogP contribution < -0.4 is 10.7 Å². The molecule has 2 aliphatic rings. The van der Waals surface area contributed by atoms with Gasteiger partial charge in [0, 0.05) is 36.5 Å². The van der Waals surface area contributed by atoms with Crippen molar-refractivity contribution in [2.45, 2.75) is 38.7 Å². The Hall–Kier alpha value is -3.47. The summed E-state index contributed by atoms with van der Waals surface area (Å²) in [4.78, 5) is 39.4. The van der Waals surface area contributed by atoms with Crippen molar-refractivity contribution >= 4 is 11.8 Å². The first kappa shape index (κ1) is 20.8. The van der Waals surface area contributed by atoms with Crippen LogP contribution in [0.5, 0.6) is 11.5 Å². The Morgan fingerprint density at radius 2 is 2.03 bits per heavy atom. The fraction of sp³-hybridized carbons (Fsp3) is 0.350. The number of phenols is 1. The summed E-state index contributed by atoms with van der Waals surface area (Å²) in [6, 6.07) is 1.09. The van der Waals surface area contributed by atoms with Gasteiger partial charge in [-0.2, -0.15) is 0 Å². The maximum Gasteiger partial charge on any atom is 0.276 e. The average Bonchev–Trinajstić information content (AvgIpc) is 2.69. The van der Waals surface area contributed by atoms with E-state index in [9.17, 15) is 33.4 Å². The maximum absolute atomic E-state index is 13.9. The van der Waals surface area contributed by atoms with E-state index in [2.05, 4.69) is 5.32 Å². The highest BCUT2D eigenvalue weighted by molar-refractivity contribution is 5.99. The molecular weight excluding hydrogens is 416 g/mol. The predicted octanol–water partition coefficient (Wildman–Crippen LogP) is 1.06. The molecule has 2 aromatic rings. The summed E-state index contributed by atoms with van der Waals surface area (Å²) in [5, 5.41) is 22.3. The Kier molecular flexibility index (Phi) is 5.13. The number of benzene rings is 1. The molecule has 11 heteroatoms. The maximum atomic E-state index is 13.9. The van der Waals surface area contributed by atoms with E-state index < -0.39 is 58.7 Å². The smallest absolute Gasteiger partial charge is 0.276 e. The summed E-state index contributed by atoms with van der Waals surface area (Å²) < 4.78 is 33.9. The zero-order valence-corrected chi connectivity index (χ0v) is 16.4. The van der Waals surface area contributed by atoms with Crippen molar-refractivity contribution in [3.05, 3.63) is 57.0 Å². The summed E-state index contributed by atoms with van der Waals surface area (Å²) >= 11 is 0. The minimum absolute atomic E-state index is 0.104. The molecular formula is C20H19F2N3O6. The number of nitrogens with one attached hydrogen (secondary N) is 1. The van der Waals surface area contributed by atoms with Crippen LogP contribution in [0.2, 0.25) is 0 Å². The zero-order chi connectivity index (χ0) is 22.4. The Morgan fingerprint density at radius 1 is 1.29 bits per heavy atom. The first-order valence-electron chi connectivity index (χ1n) is 9.54. The number of hydrogen-bond acceptors (Lipinski definition) is 6. The molecule has 2 atom stereocenters. The van der Waals surface area contributed by atoms with E-state index in [1.54, 1.807) is 0 Å². The van der Waals surface area contributed by atoms with Gasteiger partial charge < -0.3 is 29.7 Å². The van der Waals surface area contributed by atoms with E-state index in [1.807, 2.05) is 6.92 Å². The number of pyridine rings is 1. The topological polar surface area (TPSA) is 121 Å². The molecule has 164 valence electrons. The van der Waals surface area contributed by atoms with Crippen LogP contribution in [0, 0.1) is 11.6 Å². The number of rotatable bonds is 3. The van der Waals surface area contributed by atoms with Crippen molar-refractivity contribution < 1.29 is 33.3 Å². The number of aromatic hydroxyl groups is 2. The largest absolute Gasteiger partial charge is 0.507 e. The van der Waals surface area contributed by atoms with Crippen molar-refractivity contribution in [3.8, 4) is 11.5 Å². The Labute approximate surface area is 174 Å². The van der Waals surface area contributed by atoms with Crippen molar-refractivity contribution in [3.63, 3.8) is 0 Å². The van der Waals surface area contributed by atoms with Crippen LogP contribution in [-0.4, -0.2) is 50.4 Å². The van der Waals surface area contributed by atoms with Gasteiger partial charge >= 0.3 is 0 Å². The second-order valence-corrected chi connectivity index (χ2v) is 7.47. The average molecular weight is 435 g/mol. The van der Waals surface area contributed by atoms with Crippen molar-refractivity contribution in [1.29, 1.82) is 0 Å². The van der Waals surface area contributed by atoms with Crippen LogP contribution in [0.25, 0.3) is 0 Å². The summed E-state index contributed by atoms with van der Waals surface area (Å²) in [6.45, 7) is 1.85. The van der Waals surface area contributed by atoms with Gasteiger partial charge in [-0.25, -0.2) is 8.78 Å². The molecule has 31 heavy (non-hydrogen) atoms. The number of fused-ring (bicyclic) bond motifs is 2. The van der Waals surface area contributed by atoms with E-state index in [0.29, 0.717) is 25.2 Å². The molecule has 1 fully saturated rings. The standard InChI is InChI=1S/C20H19F2N3O6/c1-9-2-3-31-15-8-24-7-12(17(27)18(28)16(24)20(30)25(9)15)19(29)23-6-11-13(22)4-10(21)5-14(11)26/h4-5,7,9,15,26,28H,2-3,6,8H2,1H3,(H,23,29). The molecule has 3 N–H and O–H groups in total. The van der Waals surface area contributed by atoms with Crippen LogP contribution in [0.3, 0.4) is 0 Å². The number of hydrogen-bond donors (Lipinski definition) is 3. The Bertz CT molecular complexity index is 1130. The number of carbonyl (C=O) groups is 2. The van der Waals surface area contributed by atoms with Crippen molar-refractivity contribution in [2.24, 2.45) is 0 Å². The van der Waals surface area contributed by atoms with E-state index in [-0.39, 0.29) is 23.8 Å². The molecule has 0 aliphatic carbocycles. The third-order valence-electron chi connectivity index (χ3n) is 5.48. The van der Waals surface area contributed by atoms with Crippen molar-refractivity contribution in [1.82, 2.24) is 14.8 Å². The van der Waals surface area contributed by atoms with Crippen molar-refractivity contribution in [2.75, 3.05) is 6.61 Å². The lowest BCUT2D eigenvalue weighted by molar-refractivity contribution is -0.112. The molecule has 2 amide bonds. The number of amides is 2. The van der Waals surface area contributed by atoms with Crippen LogP contribution in [0.1, 0.15) is 39.8 Å². The molecule has 0 radical (unpaired) electrons. The second kappa shape index (κ2) is 7.65. The van der Waals surface area contributed by atoms with E-state index in [0.717, 1.165) is 6.20 Å². The van der Waals surface area contributed by atoms with Gasteiger partial charge in [0.15, 0.2) is 17.7 Å². The third-order valence-corrected chi connectivity index (χ3v) is 5.48. The fourth-order valence-electron chi connectivity index (χ4n) is 3.85. The molecule has 2 aliphatic heterocycles. The van der Waals surface area contributed by atoms with Crippen LogP contribution in [0.15, 0.2) is 23.1 Å². The minimum Gasteiger partial charge on any atom is -0.507 e. The number of carbonyl (C=O) groups excluding carboxylic acids is 2. The van der Waals surface area contributed by atoms with Gasteiger partial charge in [-0.15, -0.1) is 0 Å². The van der Waals surface area contributed by atoms with E-state index in [4.69, 9.17) is 4.74 Å². The quantitative estimate of drug-likeness (QED) is 0.663. The first-order chi connectivity index (χ1) is 14.7. The molecule has 4 rings (SSSR count). The zero-order valence-electron chi connectivity index (χ0n) is 16.4. The molecule has 2 unspecified atom stereocenters. The molecule has 9 nitrogen and oxygen atoms in total. The summed E-state index contributed by atoms with van der Waals surface area (Å²) in [7, 11) is 0. The second-order valence-electron chi connectivity index (χ2n) is 7.47. The van der Waals surface area contributed by atoms with Gasteiger partial charge in [0.1, 0.15) is 22.9 Å². The molecule has 0 bridgehead atoms. The third kappa shape index (κ3) is 3.50. The summed E-state index contributed by atoms with van der Waals surface area (Å²) in [5.41, 5.74) is -2.15. The number of ether oxygens (including phenoxy) is 1. The lowest BCUT2D eigenvalue weighted by Crippen LogP contribution is -2.57. The monoisotopic (exact) mass is 435 g/mol. The number of nitrogens with zero attached hydrogens (tertiary/aromatic N) is 2. The van der Waals surface area contributed by atoms with Gasteiger partial charge in [0.2, 0.25) is 5.43 Å². The van der Waals surface area contributed by atoms with Crippen LogP contribution >= 0.6 is 0 Å². The Morgan fingerprint density at radius 3 is 2.74 bits per heavy atom. The fourth-order valence-corrected chi connectivity index (χ4v) is 3.85. The minimum atomic E-state index is -1.07. The molecule has 1 aromatic carbocycles. The molecule has 0 saturated carbocycles. The molecule has 3 heterocycles. The summed E-state index contributed by atoms with van der Waals surface area (Å²) in [5.74, 6) is -5.17. The lowest BCUT2D eigenvalue weighted by Gasteiger charge is -2.44. The normalized spacial score (nSPS) is 20.2. The first-order valence-corrected chi connectivity index (χ1v) is 9.54. The molecule has 1 aromatic heterocycles. The van der Waals surface area contributed by atoms with Gasteiger partial charge in [0.25, 0.3) is 11.8 Å². The summed E-state index contributed by atoms with van der Waals surface area (Å²) in [6.07, 6.45) is 1.14. The van der Waals surface area contributed by atoms with Crippen LogP contribution in [0.4, 0.5) is 8.78 Å². The van der Waals surface area contributed by atoms with E-state index >= 15 is 0 Å². The van der Waals surface area contributed by atoms with E-state index in [1.165, 1.54) is 9.47 Å². The van der Waals surface area contributed by atoms with Gasteiger partial charge in [0.05, 0.1) is 13.2 Å². The molecule has 0 spiro atoms. The Balaban J connectivity index is 1.64. The highest BCUT2D eigenvalue weighted by Gasteiger charge is 2.41. The highest BCUT2D eigenvalue weighted by atomic mass is 19.1. The molecule has 1 saturated heterocycles. The number of aromatic nitrogens is 1. The van der Waals surface area contributed by atoms with Gasteiger partial charge in [-0.05, 0) is 13.3 Å². The van der Waals surface area contributed by atoms with Gasteiger partial charge in [-0.1, -0.05) is 0 Å². The SMILES string of the molecule is CC1CCOC2Cn3cc(C(=O)NCc4c(O)cc(F)cc4F)c(=O)c(O)c3C(=O)N12. The van der Waals surface area contributed by atoms with Crippen LogP contribution in [-0.2, 0) is 17.8 Å².